The molecule has 0 aliphatic carbocycles. The Morgan fingerprint density at radius 1 is 1.69 bits per heavy atom. The standard InChI is InChI=1S/C4H5N3O4S2/c1-2(8)5-3-6-7-4(12-3)13(9,10)11/h1H3,(H,5,6,8)(H,9,10,11)/i1D3. The molecule has 0 aliphatic heterocycles. The minimum absolute atomic E-state index is 0.325. The molecule has 0 saturated heterocycles. The molecule has 0 spiro atoms. The third kappa shape index (κ3) is 2.72. The number of carbonyl (C=O) groups is 1. The Morgan fingerprint density at radius 2 is 2.38 bits per heavy atom. The number of hydrogen-bond acceptors (Lipinski definition) is 6. The van der Waals surface area contributed by atoms with Gasteiger partial charge in [-0.15, -0.1) is 10.2 Å². The molecule has 13 heavy (non-hydrogen) atoms. The molecule has 1 rings (SSSR count). The molecule has 0 bridgehead atoms. The third-order valence-corrected chi connectivity index (χ3v) is 2.89. The Kier molecular flexibility index (Phi) is 1.65. The fourth-order valence-electron chi connectivity index (χ4n) is 0.462. The van der Waals surface area contributed by atoms with Gasteiger partial charge < -0.3 is 5.32 Å². The van der Waals surface area contributed by atoms with Gasteiger partial charge in [0.15, 0.2) is 0 Å². The van der Waals surface area contributed by atoms with Crippen LogP contribution in [0.1, 0.15) is 11.0 Å². The van der Waals surface area contributed by atoms with E-state index in [1.807, 2.05) is 5.32 Å². The normalized spacial score (nSPS) is 15.6. The van der Waals surface area contributed by atoms with E-state index >= 15 is 0 Å². The second kappa shape index (κ2) is 3.36. The number of nitrogens with zero attached hydrogens (tertiary/aromatic N) is 2. The molecule has 0 unspecified atom stereocenters. The SMILES string of the molecule is [2H]C([2H])([2H])C(=O)Nc1nnc(S(=O)(=O)O)s1. The number of carbonyl (C=O) groups excluding carboxylic acids is 1. The Bertz CT molecular complexity index is 507. The summed E-state index contributed by atoms with van der Waals surface area (Å²) in [6.45, 7) is -2.87. The molecule has 1 amide bonds. The molecule has 0 radical (unpaired) electrons. The molecule has 1 heterocycles. The van der Waals surface area contributed by atoms with Crippen molar-refractivity contribution in [2.24, 2.45) is 0 Å². The lowest BCUT2D eigenvalue weighted by molar-refractivity contribution is -0.114. The summed E-state index contributed by atoms with van der Waals surface area (Å²) >= 11 is 0.342. The minimum Gasteiger partial charge on any atom is -0.301 e. The van der Waals surface area contributed by atoms with Gasteiger partial charge in [0.2, 0.25) is 11.0 Å². The summed E-state index contributed by atoms with van der Waals surface area (Å²) in [6.07, 6.45) is 0. The summed E-state index contributed by atoms with van der Waals surface area (Å²) in [5, 5.41) is 7.76. The van der Waals surface area contributed by atoms with Crippen molar-refractivity contribution < 1.29 is 21.9 Å². The zero-order valence-corrected chi connectivity index (χ0v) is 7.52. The maximum Gasteiger partial charge on any atom is 0.324 e. The Balaban J connectivity index is 2.86. The molecule has 1 aromatic heterocycles. The van der Waals surface area contributed by atoms with Gasteiger partial charge in [-0.2, -0.15) is 8.42 Å². The van der Waals surface area contributed by atoms with E-state index in [-0.39, 0.29) is 5.13 Å². The van der Waals surface area contributed by atoms with E-state index in [2.05, 4.69) is 10.2 Å². The molecule has 72 valence electrons. The lowest BCUT2D eigenvalue weighted by atomic mass is 10.7. The summed E-state index contributed by atoms with van der Waals surface area (Å²) in [5.41, 5.74) is 0. The van der Waals surface area contributed by atoms with E-state index in [1.165, 1.54) is 0 Å². The van der Waals surface area contributed by atoms with E-state index < -0.39 is 27.2 Å². The van der Waals surface area contributed by atoms with Crippen LogP contribution in [0.15, 0.2) is 4.34 Å². The average Bonchev–Trinajstić information content (AvgIpc) is 2.49. The smallest absolute Gasteiger partial charge is 0.301 e. The van der Waals surface area contributed by atoms with Crippen molar-refractivity contribution in [2.75, 3.05) is 5.32 Å². The van der Waals surface area contributed by atoms with Crippen molar-refractivity contribution >= 4 is 32.5 Å². The van der Waals surface area contributed by atoms with Crippen LogP contribution in [0.2, 0.25) is 0 Å². The van der Waals surface area contributed by atoms with Gasteiger partial charge in [0, 0.05) is 11.0 Å². The predicted molar refractivity (Wildman–Crippen MR) is 44.0 cm³/mol. The van der Waals surface area contributed by atoms with Crippen LogP contribution in [-0.4, -0.2) is 29.1 Å². The van der Waals surface area contributed by atoms with Crippen LogP contribution in [0.25, 0.3) is 0 Å². The summed E-state index contributed by atoms with van der Waals surface area (Å²) in [4.78, 5) is 10.9. The van der Waals surface area contributed by atoms with Crippen molar-refractivity contribution in [1.29, 1.82) is 0 Å². The highest BCUT2D eigenvalue weighted by atomic mass is 32.3. The Labute approximate surface area is 81.8 Å². The topological polar surface area (TPSA) is 109 Å². The zero-order valence-electron chi connectivity index (χ0n) is 8.88. The summed E-state index contributed by atoms with van der Waals surface area (Å²) in [5.74, 6) is -1.31. The molecule has 7 nitrogen and oxygen atoms in total. The second-order valence-electron chi connectivity index (χ2n) is 1.80. The van der Waals surface area contributed by atoms with Crippen molar-refractivity contribution in [3.8, 4) is 0 Å². The van der Waals surface area contributed by atoms with Crippen LogP contribution < -0.4 is 5.32 Å². The second-order valence-corrected chi connectivity index (χ2v) is 4.38. The first kappa shape index (κ1) is 6.40. The third-order valence-electron chi connectivity index (χ3n) is 0.848. The fourth-order valence-corrected chi connectivity index (χ4v) is 1.74. The fraction of sp³-hybridized carbons (Fsp3) is 0.250. The van der Waals surface area contributed by atoms with E-state index in [9.17, 15) is 13.2 Å². The van der Waals surface area contributed by atoms with Crippen LogP contribution in [0.3, 0.4) is 0 Å². The maximum absolute atomic E-state index is 10.9. The quantitative estimate of drug-likeness (QED) is 0.531. The van der Waals surface area contributed by atoms with E-state index in [4.69, 9.17) is 8.67 Å². The molecule has 0 aliphatic rings. The first-order valence-electron chi connectivity index (χ1n) is 4.23. The molecular formula is C4H5N3O4S2. The molecule has 2 N–H and O–H groups in total. The minimum atomic E-state index is -4.50. The molecule has 0 aromatic carbocycles. The number of rotatable bonds is 2. The van der Waals surface area contributed by atoms with Gasteiger partial charge in [0.1, 0.15) is 0 Å². The van der Waals surface area contributed by atoms with Crippen LogP contribution >= 0.6 is 11.3 Å². The monoisotopic (exact) mass is 226 g/mol. The number of anilines is 1. The summed E-state index contributed by atoms with van der Waals surface area (Å²) in [6, 6.07) is 0. The predicted octanol–water partition coefficient (Wildman–Crippen LogP) is -0.257. The molecule has 9 heteroatoms. The lowest BCUT2D eigenvalue weighted by Crippen LogP contribution is -2.04. The first-order valence-corrected chi connectivity index (χ1v) is 4.99. The number of nitrogens with one attached hydrogen (secondary N) is 1. The van der Waals surface area contributed by atoms with E-state index in [0.717, 1.165) is 0 Å². The molecule has 1 aromatic rings. The molecule has 0 fully saturated rings. The van der Waals surface area contributed by atoms with Gasteiger partial charge in [0.25, 0.3) is 4.34 Å². The molecular weight excluding hydrogens is 218 g/mol. The summed E-state index contributed by atoms with van der Waals surface area (Å²) < 4.78 is 49.1. The summed E-state index contributed by atoms with van der Waals surface area (Å²) in [7, 11) is -4.50. The van der Waals surface area contributed by atoms with E-state index in [0.29, 0.717) is 11.3 Å². The maximum atomic E-state index is 10.9. The zero-order chi connectivity index (χ0) is 12.6. The lowest BCUT2D eigenvalue weighted by Gasteiger charge is -1.90. The highest BCUT2D eigenvalue weighted by Gasteiger charge is 2.16. The highest BCUT2D eigenvalue weighted by Crippen LogP contribution is 2.18. The van der Waals surface area contributed by atoms with Gasteiger partial charge in [-0.1, -0.05) is 11.3 Å². The highest BCUT2D eigenvalue weighted by molar-refractivity contribution is 7.88. The van der Waals surface area contributed by atoms with Crippen LogP contribution in [0, 0.1) is 0 Å². The van der Waals surface area contributed by atoms with Crippen LogP contribution in [0.5, 0.6) is 0 Å². The van der Waals surface area contributed by atoms with Crippen molar-refractivity contribution in [1.82, 2.24) is 10.2 Å². The Hall–Kier alpha value is -1.06. The number of aromatic nitrogens is 2. The number of hydrogen-bond donors (Lipinski definition) is 2. The van der Waals surface area contributed by atoms with Crippen LogP contribution in [-0.2, 0) is 14.9 Å². The Morgan fingerprint density at radius 3 is 2.85 bits per heavy atom. The van der Waals surface area contributed by atoms with Crippen molar-refractivity contribution in [2.45, 2.75) is 11.2 Å². The van der Waals surface area contributed by atoms with Gasteiger partial charge in [0.05, 0.1) is 0 Å². The van der Waals surface area contributed by atoms with Gasteiger partial charge >= 0.3 is 10.1 Å². The van der Waals surface area contributed by atoms with Crippen molar-refractivity contribution in [3.63, 3.8) is 0 Å². The van der Waals surface area contributed by atoms with E-state index in [1.54, 1.807) is 0 Å². The number of amides is 1. The molecule has 0 atom stereocenters. The first-order chi connectivity index (χ1) is 7.10. The van der Waals surface area contributed by atoms with Gasteiger partial charge in [-0.25, -0.2) is 0 Å². The van der Waals surface area contributed by atoms with Gasteiger partial charge in [-0.3, -0.25) is 9.35 Å². The molecule has 0 saturated carbocycles. The van der Waals surface area contributed by atoms with Crippen molar-refractivity contribution in [3.05, 3.63) is 0 Å². The van der Waals surface area contributed by atoms with Gasteiger partial charge in [-0.05, 0) is 0 Å². The largest absolute Gasteiger partial charge is 0.324 e. The van der Waals surface area contributed by atoms with Crippen LogP contribution in [0.4, 0.5) is 5.13 Å². The average molecular weight is 226 g/mol.